The molecule has 3 N–H and O–H groups in total. The van der Waals surface area contributed by atoms with E-state index < -0.39 is 29.1 Å². The number of aryl methyl sites for hydroxylation is 1. The summed E-state index contributed by atoms with van der Waals surface area (Å²) in [5, 5.41) is 25.8. The summed E-state index contributed by atoms with van der Waals surface area (Å²) in [7, 11) is 0. The summed E-state index contributed by atoms with van der Waals surface area (Å²) < 4.78 is 6.40. The number of hydrogen-bond donors (Lipinski definition) is 3. The highest BCUT2D eigenvalue weighted by atomic mass is 16.6. The van der Waals surface area contributed by atoms with Crippen molar-refractivity contribution in [3.05, 3.63) is 69.8 Å². The number of ketones is 2. The van der Waals surface area contributed by atoms with Crippen LogP contribution in [0.4, 0.5) is 5.69 Å². The number of carbonyl (C=O) groups excluding carboxylic acids is 2. The molecule has 0 saturated carbocycles. The maximum atomic E-state index is 13.8. The molecule has 2 aromatic carbocycles. The van der Waals surface area contributed by atoms with Crippen LogP contribution in [0.25, 0.3) is 0 Å². The zero-order valence-corrected chi connectivity index (χ0v) is 19.5. The van der Waals surface area contributed by atoms with E-state index >= 15 is 0 Å². The van der Waals surface area contributed by atoms with Gasteiger partial charge >= 0.3 is 0 Å². The van der Waals surface area contributed by atoms with Gasteiger partial charge in [0.2, 0.25) is 0 Å². The predicted molar refractivity (Wildman–Crippen MR) is 129 cm³/mol. The van der Waals surface area contributed by atoms with E-state index in [9.17, 15) is 19.8 Å². The Balaban J connectivity index is 1.66. The van der Waals surface area contributed by atoms with Gasteiger partial charge in [0.05, 0.1) is 16.8 Å². The number of nitrogens with one attached hydrogen (secondary N) is 1. The Labute approximate surface area is 203 Å². The number of epoxide rings is 1. The number of anilines is 1. The Morgan fingerprint density at radius 2 is 1.77 bits per heavy atom. The normalized spacial score (nSPS) is 29.7. The molecule has 2 heterocycles. The Morgan fingerprint density at radius 3 is 2.49 bits per heavy atom. The smallest absolute Gasteiger partial charge is 0.198 e. The average molecular weight is 466 g/mol. The van der Waals surface area contributed by atoms with E-state index in [4.69, 9.17) is 4.74 Å². The average Bonchev–Trinajstić information content (AvgIpc) is 3.57. The van der Waals surface area contributed by atoms with E-state index in [1.807, 2.05) is 26.8 Å². The molecular formula is C29H23NO5. The summed E-state index contributed by atoms with van der Waals surface area (Å²) in [4.78, 5) is 27.3. The van der Waals surface area contributed by atoms with Crippen molar-refractivity contribution < 1.29 is 24.5 Å². The third-order valence-corrected chi connectivity index (χ3v) is 7.67. The first-order chi connectivity index (χ1) is 16.8. The van der Waals surface area contributed by atoms with Gasteiger partial charge in [-0.15, -0.1) is 0 Å². The van der Waals surface area contributed by atoms with Gasteiger partial charge in [-0.1, -0.05) is 56.6 Å². The van der Waals surface area contributed by atoms with Crippen LogP contribution in [0.5, 0.6) is 5.75 Å². The van der Waals surface area contributed by atoms with Gasteiger partial charge in [-0.2, -0.15) is 0 Å². The number of hydrogen-bond acceptors (Lipinski definition) is 6. The first-order valence-electron chi connectivity index (χ1n) is 11.7. The molecular weight excluding hydrogens is 442 g/mol. The number of ether oxygens (including phenoxy) is 1. The summed E-state index contributed by atoms with van der Waals surface area (Å²) in [6.07, 6.45) is 2.62. The molecule has 1 saturated heterocycles. The first kappa shape index (κ1) is 21.7. The maximum absolute atomic E-state index is 13.8. The molecule has 4 aliphatic rings. The van der Waals surface area contributed by atoms with Gasteiger partial charge in [-0.05, 0) is 42.2 Å². The van der Waals surface area contributed by atoms with E-state index in [0.29, 0.717) is 17.7 Å². The third kappa shape index (κ3) is 2.53. The lowest BCUT2D eigenvalue weighted by Crippen LogP contribution is -2.52. The Hall–Kier alpha value is -3.84. The fourth-order valence-corrected chi connectivity index (χ4v) is 5.95. The number of aromatic hydroxyl groups is 1. The second-order valence-corrected chi connectivity index (χ2v) is 9.64. The lowest BCUT2D eigenvalue weighted by Gasteiger charge is -2.38. The lowest BCUT2D eigenvalue weighted by atomic mass is 9.67. The molecule has 2 aromatic rings. The number of phenolic OH excluding ortho intramolecular Hbond substituents is 1. The van der Waals surface area contributed by atoms with Gasteiger partial charge in [0.15, 0.2) is 23.3 Å². The van der Waals surface area contributed by atoms with Gasteiger partial charge < -0.3 is 20.3 Å². The Bertz CT molecular complexity index is 1510. The van der Waals surface area contributed by atoms with Crippen molar-refractivity contribution in [2.75, 3.05) is 5.32 Å². The largest absolute Gasteiger partial charge is 0.507 e. The molecule has 6 rings (SSSR count). The van der Waals surface area contributed by atoms with Crippen molar-refractivity contribution in [2.24, 2.45) is 5.92 Å². The second-order valence-electron chi connectivity index (χ2n) is 9.64. The number of carbonyl (C=O) groups is 2. The van der Waals surface area contributed by atoms with Crippen molar-refractivity contribution in [2.45, 2.75) is 50.5 Å². The van der Waals surface area contributed by atoms with E-state index in [2.05, 4.69) is 29.0 Å². The van der Waals surface area contributed by atoms with E-state index in [-0.39, 0.29) is 39.7 Å². The SMILES string of the molecule is CCc1ccc2c(c1)C(=O)c1c(O)cc3c(c1C2=O)N[C@H]1C#C/C=C\C#C[C@@H](O)[C@@]32O[C@@]12C(C)C. The van der Waals surface area contributed by atoms with Crippen LogP contribution in [-0.2, 0) is 16.8 Å². The molecule has 4 atom stereocenters. The molecule has 0 spiro atoms. The maximum Gasteiger partial charge on any atom is 0.198 e. The van der Waals surface area contributed by atoms with Crippen LogP contribution < -0.4 is 5.32 Å². The van der Waals surface area contributed by atoms with Crippen molar-refractivity contribution in [3.8, 4) is 29.4 Å². The molecule has 35 heavy (non-hydrogen) atoms. The quantitative estimate of drug-likeness (QED) is 0.306. The zero-order chi connectivity index (χ0) is 24.7. The minimum Gasteiger partial charge on any atom is -0.507 e. The van der Waals surface area contributed by atoms with Crippen molar-refractivity contribution in [1.82, 2.24) is 0 Å². The fourth-order valence-electron chi connectivity index (χ4n) is 5.95. The van der Waals surface area contributed by atoms with Crippen molar-refractivity contribution in [1.29, 1.82) is 0 Å². The molecule has 6 nitrogen and oxygen atoms in total. The molecule has 2 aliphatic carbocycles. The number of rotatable bonds is 2. The van der Waals surface area contributed by atoms with E-state index in [1.165, 1.54) is 6.07 Å². The highest BCUT2D eigenvalue weighted by molar-refractivity contribution is 6.31. The van der Waals surface area contributed by atoms with Crippen LogP contribution in [0.1, 0.15) is 63.7 Å². The molecule has 174 valence electrons. The minimum absolute atomic E-state index is 0.0471. The number of allylic oxidation sites excluding steroid dienone is 2. The van der Waals surface area contributed by atoms with Gasteiger partial charge in [-0.25, -0.2) is 0 Å². The molecule has 2 bridgehead atoms. The molecule has 2 aliphatic heterocycles. The fraction of sp³-hybridized carbons (Fsp3) is 0.310. The first-order valence-corrected chi connectivity index (χ1v) is 11.7. The summed E-state index contributed by atoms with van der Waals surface area (Å²) in [5.74, 6) is 10.6. The minimum atomic E-state index is -1.32. The standard InChI is InChI=1S/C29H23NO5/c1-4-16-11-12-17-18(13-16)27(34)23-20(31)14-19-25(24(23)26(17)33)30-21-9-7-5-6-8-10-22(32)29(19)28(21,35-29)15(2)3/h5-6,11-15,21-22,30-32H,4H2,1-3H3/b6-5-/t21-,22+,28-,29-/m0/s1. The number of phenols is 1. The zero-order valence-electron chi connectivity index (χ0n) is 19.5. The van der Waals surface area contributed by atoms with Crippen LogP contribution in [0, 0.1) is 29.6 Å². The van der Waals surface area contributed by atoms with Crippen LogP contribution in [0.15, 0.2) is 36.4 Å². The third-order valence-electron chi connectivity index (χ3n) is 7.67. The molecule has 0 amide bonds. The molecule has 0 radical (unpaired) electrons. The van der Waals surface area contributed by atoms with Crippen molar-refractivity contribution in [3.63, 3.8) is 0 Å². The molecule has 1 fully saturated rings. The lowest BCUT2D eigenvalue weighted by molar-refractivity contribution is 0.0975. The summed E-state index contributed by atoms with van der Waals surface area (Å²) in [6, 6.07) is 6.06. The van der Waals surface area contributed by atoms with Crippen LogP contribution in [0.3, 0.4) is 0 Å². The summed E-state index contributed by atoms with van der Waals surface area (Å²) >= 11 is 0. The summed E-state index contributed by atoms with van der Waals surface area (Å²) in [5.41, 5.74) is 0.0143. The molecule has 0 unspecified atom stereocenters. The second kappa shape index (κ2) is 7.09. The number of fused-ring (bicyclic) bond motifs is 4. The topological polar surface area (TPSA) is 99.2 Å². The van der Waals surface area contributed by atoms with E-state index in [1.54, 1.807) is 24.3 Å². The summed E-state index contributed by atoms with van der Waals surface area (Å²) in [6.45, 7) is 5.91. The van der Waals surface area contributed by atoms with Gasteiger partial charge in [-0.3, -0.25) is 9.59 Å². The van der Waals surface area contributed by atoms with Crippen molar-refractivity contribution >= 4 is 17.3 Å². The molecule has 0 aromatic heterocycles. The monoisotopic (exact) mass is 465 g/mol. The predicted octanol–water partition coefficient (Wildman–Crippen LogP) is 3.08. The van der Waals surface area contributed by atoms with Gasteiger partial charge in [0.25, 0.3) is 0 Å². The highest BCUT2D eigenvalue weighted by Crippen LogP contribution is 2.68. The van der Waals surface area contributed by atoms with Crippen LogP contribution in [0.2, 0.25) is 0 Å². The number of aliphatic hydroxyl groups is 1. The number of aliphatic hydroxyl groups excluding tert-OH is 1. The molecule has 6 heteroatoms. The number of benzene rings is 2. The van der Waals surface area contributed by atoms with Gasteiger partial charge in [0, 0.05) is 16.7 Å². The Kier molecular flexibility index (Phi) is 4.39. The van der Waals surface area contributed by atoms with Crippen LogP contribution >= 0.6 is 0 Å². The van der Waals surface area contributed by atoms with Gasteiger partial charge in [0.1, 0.15) is 17.4 Å². The van der Waals surface area contributed by atoms with E-state index in [0.717, 1.165) is 5.56 Å². The van der Waals surface area contributed by atoms with Crippen LogP contribution in [-0.4, -0.2) is 39.5 Å². The Morgan fingerprint density at radius 1 is 1.06 bits per heavy atom. The highest BCUT2D eigenvalue weighted by Gasteiger charge is 2.81.